The van der Waals surface area contributed by atoms with Gasteiger partial charge in [0.15, 0.2) is 5.78 Å². The first-order chi connectivity index (χ1) is 12.6. The second-order valence-electron chi connectivity index (χ2n) is 7.38. The van der Waals surface area contributed by atoms with Crippen LogP contribution >= 0.6 is 11.8 Å². The van der Waals surface area contributed by atoms with E-state index in [2.05, 4.69) is 53.2 Å². The molecule has 1 unspecified atom stereocenters. The molecule has 26 heavy (non-hydrogen) atoms. The fraction of sp³-hybridized carbons (Fsp3) is 0.409. The summed E-state index contributed by atoms with van der Waals surface area (Å²) in [5.41, 5.74) is 3.24. The molecule has 1 saturated heterocycles. The van der Waals surface area contributed by atoms with Gasteiger partial charge in [0.05, 0.1) is 11.4 Å². The molecule has 4 heteroatoms. The maximum atomic E-state index is 11.9. The van der Waals surface area contributed by atoms with Crippen LogP contribution in [0.1, 0.15) is 43.0 Å². The quantitative estimate of drug-likeness (QED) is 0.679. The van der Waals surface area contributed by atoms with Crippen molar-refractivity contribution in [1.29, 1.82) is 0 Å². The Morgan fingerprint density at radius 3 is 2.73 bits per heavy atom. The first kappa shape index (κ1) is 17.6. The molecule has 0 aliphatic carbocycles. The Balaban J connectivity index is 1.65. The number of piperidine rings is 1. The van der Waals surface area contributed by atoms with Gasteiger partial charge in [-0.2, -0.15) is 0 Å². The van der Waals surface area contributed by atoms with Crippen LogP contribution in [0.25, 0.3) is 0 Å². The summed E-state index contributed by atoms with van der Waals surface area (Å²) in [6.07, 6.45) is 5.10. The van der Waals surface area contributed by atoms with Crippen molar-refractivity contribution in [1.82, 2.24) is 4.90 Å². The summed E-state index contributed by atoms with van der Waals surface area (Å²) in [4.78, 5) is 19.4. The first-order valence-corrected chi connectivity index (χ1v) is 10.3. The third-order valence-corrected chi connectivity index (χ3v) is 6.77. The molecule has 2 aliphatic rings. The number of ketones is 1. The zero-order valence-corrected chi connectivity index (χ0v) is 16.4. The highest BCUT2D eigenvalue weighted by atomic mass is 32.2. The largest absolute Gasteiger partial charge is 0.340 e. The Kier molecular flexibility index (Phi) is 5.05. The van der Waals surface area contributed by atoms with Gasteiger partial charge in [0.1, 0.15) is 0 Å². The highest BCUT2D eigenvalue weighted by Crippen LogP contribution is 2.48. The van der Waals surface area contributed by atoms with Crippen molar-refractivity contribution in [3.63, 3.8) is 0 Å². The van der Waals surface area contributed by atoms with Crippen molar-refractivity contribution in [2.45, 2.75) is 48.4 Å². The molecule has 3 nitrogen and oxygen atoms in total. The molecule has 2 aromatic rings. The summed E-state index contributed by atoms with van der Waals surface area (Å²) in [6, 6.07) is 15.4. The van der Waals surface area contributed by atoms with Crippen LogP contribution in [0, 0.1) is 0 Å². The first-order valence-electron chi connectivity index (χ1n) is 9.53. The summed E-state index contributed by atoms with van der Waals surface area (Å²) in [7, 11) is 2.26. The third kappa shape index (κ3) is 3.40. The van der Waals surface area contributed by atoms with Crippen molar-refractivity contribution < 1.29 is 4.79 Å². The number of Topliss-reactive ketones (excluding diaryl/α,β-unsaturated/α-hetero) is 1. The van der Waals surface area contributed by atoms with E-state index < -0.39 is 0 Å². The van der Waals surface area contributed by atoms with E-state index in [1.54, 1.807) is 18.7 Å². The van der Waals surface area contributed by atoms with E-state index in [4.69, 9.17) is 0 Å². The van der Waals surface area contributed by atoms with E-state index in [0.717, 1.165) is 18.5 Å². The van der Waals surface area contributed by atoms with Gasteiger partial charge in [0.2, 0.25) is 0 Å². The number of benzene rings is 2. The topological polar surface area (TPSA) is 23.6 Å². The molecule has 0 bridgehead atoms. The Labute approximate surface area is 160 Å². The monoisotopic (exact) mass is 366 g/mol. The second-order valence-corrected chi connectivity index (χ2v) is 8.46. The highest BCUT2D eigenvalue weighted by molar-refractivity contribution is 7.99. The van der Waals surface area contributed by atoms with Gasteiger partial charge < -0.3 is 9.80 Å². The van der Waals surface area contributed by atoms with Gasteiger partial charge in [-0.3, -0.25) is 4.79 Å². The lowest BCUT2D eigenvalue weighted by molar-refractivity contribution is 0.101. The van der Waals surface area contributed by atoms with Crippen LogP contribution in [0.2, 0.25) is 0 Å². The zero-order chi connectivity index (χ0) is 18.1. The number of fused-ring (bicyclic) bond motifs is 2. The lowest BCUT2D eigenvalue weighted by atomic mass is 9.99. The molecule has 1 atom stereocenters. The molecular formula is C22H26N2OS. The number of carbonyl (C=O) groups excluding carboxylic acids is 1. The molecular weight excluding hydrogens is 340 g/mol. The normalized spacial score (nSPS) is 19.8. The number of anilines is 2. The molecule has 0 aromatic heterocycles. The predicted molar refractivity (Wildman–Crippen MR) is 109 cm³/mol. The fourth-order valence-electron chi connectivity index (χ4n) is 4.08. The van der Waals surface area contributed by atoms with Crippen molar-refractivity contribution in [3.8, 4) is 0 Å². The smallest absolute Gasteiger partial charge is 0.159 e. The molecule has 2 heterocycles. The molecule has 136 valence electrons. The maximum Gasteiger partial charge on any atom is 0.159 e. The highest BCUT2D eigenvalue weighted by Gasteiger charge is 2.26. The van der Waals surface area contributed by atoms with Crippen LogP contribution in [0.4, 0.5) is 11.4 Å². The zero-order valence-electron chi connectivity index (χ0n) is 15.6. The minimum atomic E-state index is 0.128. The molecule has 0 saturated carbocycles. The minimum Gasteiger partial charge on any atom is -0.340 e. The number of hydrogen-bond acceptors (Lipinski definition) is 4. The number of para-hydroxylation sites is 1. The standard InChI is InChI=1S/C22H26N2OS/c1-16(25)17-10-11-22-20(15-17)24(19-8-3-4-9-21(19)26-22)14-12-18-7-5-6-13-23(18)2/h3-4,8-11,15,18H,5-7,12-14H2,1-2H3. The third-order valence-electron chi connectivity index (χ3n) is 5.64. The lowest BCUT2D eigenvalue weighted by Gasteiger charge is -2.37. The minimum absolute atomic E-state index is 0.128. The van der Waals surface area contributed by atoms with Gasteiger partial charge >= 0.3 is 0 Å². The Bertz CT molecular complexity index is 820. The number of carbonyl (C=O) groups is 1. The molecule has 0 radical (unpaired) electrons. The molecule has 0 amide bonds. The Morgan fingerprint density at radius 2 is 1.92 bits per heavy atom. The number of rotatable bonds is 4. The van der Waals surface area contributed by atoms with Crippen LogP contribution in [0.3, 0.4) is 0 Å². The number of hydrogen-bond donors (Lipinski definition) is 0. The van der Waals surface area contributed by atoms with Crippen molar-refractivity contribution >= 4 is 28.9 Å². The van der Waals surface area contributed by atoms with Crippen LogP contribution in [-0.2, 0) is 0 Å². The summed E-state index contributed by atoms with van der Waals surface area (Å²) in [5.74, 6) is 0.128. The molecule has 0 spiro atoms. The molecule has 2 aliphatic heterocycles. The second kappa shape index (κ2) is 7.45. The molecule has 1 fully saturated rings. The average Bonchev–Trinajstić information content (AvgIpc) is 2.66. The Hall–Kier alpha value is -1.78. The molecule has 2 aromatic carbocycles. The summed E-state index contributed by atoms with van der Waals surface area (Å²) >= 11 is 1.81. The van der Waals surface area contributed by atoms with E-state index in [1.165, 1.54) is 47.0 Å². The van der Waals surface area contributed by atoms with Crippen LogP contribution < -0.4 is 4.90 Å². The van der Waals surface area contributed by atoms with Crippen molar-refractivity contribution in [2.75, 3.05) is 25.0 Å². The van der Waals surface area contributed by atoms with E-state index in [0.29, 0.717) is 6.04 Å². The van der Waals surface area contributed by atoms with E-state index in [1.807, 2.05) is 6.07 Å². The van der Waals surface area contributed by atoms with Crippen molar-refractivity contribution in [3.05, 3.63) is 48.0 Å². The number of nitrogens with zero attached hydrogens (tertiary/aromatic N) is 2. The van der Waals surface area contributed by atoms with Crippen molar-refractivity contribution in [2.24, 2.45) is 0 Å². The van der Waals surface area contributed by atoms with Crippen LogP contribution in [0.15, 0.2) is 52.3 Å². The predicted octanol–water partition coefficient (Wildman–Crippen LogP) is 5.37. The summed E-state index contributed by atoms with van der Waals surface area (Å²) < 4.78 is 0. The molecule has 0 N–H and O–H groups in total. The van der Waals surface area contributed by atoms with Gasteiger partial charge in [-0.25, -0.2) is 0 Å². The number of likely N-dealkylation sites (tertiary alicyclic amines) is 1. The van der Waals surface area contributed by atoms with Gasteiger partial charge in [0.25, 0.3) is 0 Å². The van der Waals surface area contributed by atoms with Gasteiger partial charge in [-0.15, -0.1) is 0 Å². The van der Waals surface area contributed by atoms with Crippen LogP contribution in [-0.4, -0.2) is 36.9 Å². The average molecular weight is 367 g/mol. The summed E-state index contributed by atoms with van der Waals surface area (Å²) in [6.45, 7) is 3.84. The SMILES string of the molecule is CC(=O)c1ccc2c(c1)N(CCC1CCCCN1C)c1ccccc1S2. The van der Waals surface area contributed by atoms with Crippen LogP contribution in [0.5, 0.6) is 0 Å². The van der Waals surface area contributed by atoms with E-state index in [9.17, 15) is 4.79 Å². The maximum absolute atomic E-state index is 11.9. The van der Waals surface area contributed by atoms with E-state index >= 15 is 0 Å². The fourth-order valence-corrected chi connectivity index (χ4v) is 5.15. The molecule has 4 rings (SSSR count). The van der Waals surface area contributed by atoms with Gasteiger partial charge in [0, 0.05) is 27.9 Å². The lowest BCUT2D eigenvalue weighted by Crippen LogP contribution is -2.38. The van der Waals surface area contributed by atoms with Gasteiger partial charge in [-0.1, -0.05) is 36.4 Å². The van der Waals surface area contributed by atoms with E-state index in [-0.39, 0.29) is 5.78 Å². The van der Waals surface area contributed by atoms with Gasteiger partial charge in [-0.05, 0) is 64.0 Å². The Morgan fingerprint density at radius 1 is 1.12 bits per heavy atom. The summed E-state index contributed by atoms with van der Waals surface area (Å²) in [5, 5.41) is 0.